The van der Waals surface area contributed by atoms with Crippen LogP contribution < -0.4 is 4.74 Å². The van der Waals surface area contributed by atoms with E-state index in [1.165, 1.54) is 18.2 Å². The van der Waals surface area contributed by atoms with E-state index >= 15 is 0 Å². The summed E-state index contributed by atoms with van der Waals surface area (Å²) in [5, 5.41) is 11.0. The third-order valence-electron chi connectivity index (χ3n) is 3.85. The van der Waals surface area contributed by atoms with Crippen LogP contribution in [0, 0.1) is 17.0 Å². The summed E-state index contributed by atoms with van der Waals surface area (Å²) < 4.78 is 11.1. The van der Waals surface area contributed by atoms with Crippen LogP contribution in [0.5, 0.6) is 5.75 Å². The van der Waals surface area contributed by atoms with E-state index in [1.807, 2.05) is 19.1 Å². The van der Waals surface area contributed by atoms with Crippen molar-refractivity contribution >= 4 is 17.5 Å². The van der Waals surface area contributed by atoms with Gasteiger partial charge in [-0.15, -0.1) is 0 Å². The Bertz CT molecular complexity index is 986. The number of allylic oxidation sites excluding steroid dienone is 1. The fraction of sp³-hybridized carbons (Fsp3) is 0.0952. The zero-order valence-electron chi connectivity index (χ0n) is 14.6. The van der Waals surface area contributed by atoms with Crippen LogP contribution in [0.2, 0.25) is 0 Å². The number of para-hydroxylation sites is 2. The molecule has 6 heteroatoms. The van der Waals surface area contributed by atoms with E-state index in [0.29, 0.717) is 17.1 Å². The number of nitro groups is 1. The van der Waals surface area contributed by atoms with Crippen molar-refractivity contribution in [1.82, 2.24) is 0 Å². The van der Waals surface area contributed by atoms with Crippen molar-refractivity contribution in [2.75, 3.05) is 0 Å². The summed E-state index contributed by atoms with van der Waals surface area (Å²) in [6.07, 6.45) is 3.02. The Morgan fingerprint density at radius 3 is 2.59 bits per heavy atom. The monoisotopic (exact) mass is 363 g/mol. The van der Waals surface area contributed by atoms with Crippen molar-refractivity contribution in [3.63, 3.8) is 0 Å². The maximum Gasteiger partial charge on any atom is 0.310 e. The molecule has 1 aromatic heterocycles. The molecule has 3 aromatic rings. The number of carbonyl (C=O) groups excluding carboxylic acids is 1. The second-order valence-corrected chi connectivity index (χ2v) is 5.88. The minimum atomic E-state index is -0.498. The number of rotatable bonds is 7. The molecule has 0 fully saturated rings. The molecule has 0 aliphatic carbocycles. The molecule has 2 aromatic carbocycles. The highest BCUT2D eigenvalue weighted by Gasteiger charge is 2.14. The lowest BCUT2D eigenvalue weighted by atomic mass is 10.1. The topological polar surface area (TPSA) is 82.6 Å². The minimum absolute atomic E-state index is 0.0462. The van der Waals surface area contributed by atoms with Crippen molar-refractivity contribution in [3.05, 3.63) is 99.5 Å². The Labute approximate surface area is 155 Å². The lowest BCUT2D eigenvalue weighted by Gasteiger charge is -2.04. The molecule has 0 atom stereocenters. The zero-order valence-corrected chi connectivity index (χ0v) is 14.6. The van der Waals surface area contributed by atoms with Gasteiger partial charge in [-0.25, -0.2) is 0 Å². The summed E-state index contributed by atoms with van der Waals surface area (Å²) in [6.45, 7) is 2.01. The van der Waals surface area contributed by atoms with Gasteiger partial charge in [0.2, 0.25) is 0 Å². The number of hydrogen-bond donors (Lipinski definition) is 0. The Morgan fingerprint density at radius 2 is 1.85 bits per heavy atom. The number of carbonyl (C=O) groups is 1. The maximum absolute atomic E-state index is 12.1. The average molecular weight is 363 g/mol. The van der Waals surface area contributed by atoms with Crippen LogP contribution in [0.25, 0.3) is 6.08 Å². The SMILES string of the molecule is Cc1ccc(C(=O)/C=C/c2ccc(COc3ccccc3[N+](=O)[O-])o2)cc1. The molecule has 0 unspecified atom stereocenters. The van der Waals surface area contributed by atoms with E-state index in [9.17, 15) is 14.9 Å². The molecule has 0 radical (unpaired) electrons. The zero-order chi connectivity index (χ0) is 19.2. The van der Waals surface area contributed by atoms with E-state index < -0.39 is 4.92 Å². The number of hydrogen-bond acceptors (Lipinski definition) is 5. The average Bonchev–Trinajstić information content (AvgIpc) is 3.13. The molecular weight excluding hydrogens is 346 g/mol. The van der Waals surface area contributed by atoms with Crippen LogP contribution in [-0.2, 0) is 6.61 Å². The molecule has 0 aliphatic rings. The lowest BCUT2D eigenvalue weighted by Crippen LogP contribution is -1.97. The summed E-state index contributed by atoms with van der Waals surface area (Å²) in [4.78, 5) is 22.6. The first-order chi connectivity index (χ1) is 13.0. The fourth-order valence-corrected chi connectivity index (χ4v) is 2.41. The van der Waals surface area contributed by atoms with Gasteiger partial charge in [-0.1, -0.05) is 42.0 Å². The van der Waals surface area contributed by atoms with Crippen molar-refractivity contribution < 1.29 is 18.9 Å². The molecule has 0 bridgehead atoms. The summed E-state index contributed by atoms with van der Waals surface area (Å²) in [5.41, 5.74) is 1.58. The van der Waals surface area contributed by atoms with Gasteiger partial charge in [0, 0.05) is 11.6 Å². The van der Waals surface area contributed by atoms with Gasteiger partial charge in [0.1, 0.15) is 18.1 Å². The molecular formula is C21H17NO5. The lowest BCUT2D eigenvalue weighted by molar-refractivity contribution is -0.386. The van der Waals surface area contributed by atoms with E-state index in [-0.39, 0.29) is 23.8 Å². The number of furan rings is 1. The number of nitrogens with zero attached hydrogens (tertiary/aromatic N) is 1. The second-order valence-electron chi connectivity index (χ2n) is 5.88. The molecule has 0 amide bonds. The van der Waals surface area contributed by atoms with Crippen LogP contribution >= 0.6 is 0 Å². The molecule has 6 nitrogen and oxygen atoms in total. The van der Waals surface area contributed by atoms with E-state index in [1.54, 1.807) is 42.5 Å². The first-order valence-corrected chi connectivity index (χ1v) is 8.27. The smallest absolute Gasteiger partial charge is 0.310 e. The fourth-order valence-electron chi connectivity index (χ4n) is 2.41. The summed E-state index contributed by atoms with van der Waals surface area (Å²) >= 11 is 0. The predicted molar refractivity (Wildman–Crippen MR) is 101 cm³/mol. The Kier molecular flexibility index (Phi) is 5.47. The van der Waals surface area contributed by atoms with E-state index in [2.05, 4.69) is 0 Å². The number of ether oxygens (including phenoxy) is 1. The van der Waals surface area contributed by atoms with Crippen LogP contribution in [0.15, 0.2) is 71.2 Å². The van der Waals surface area contributed by atoms with Crippen molar-refractivity contribution in [1.29, 1.82) is 0 Å². The summed E-state index contributed by atoms with van der Waals surface area (Å²) in [6, 6.07) is 16.9. The molecule has 1 heterocycles. The van der Waals surface area contributed by atoms with Crippen molar-refractivity contribution in [3.8, 4) is 5.75 Å². The molecule has 0 aliphatic heterocycles. The van der Waals surface area contributed by atoms with Gasteiger partial charge in [0.25, 0.3) is 0 Å². The van der Waals surface area contributed by atoms with E-state index in [0.717, 1.165) is 5.56 Å². The standard InChI is InChI=1S/C21H17NO5/c1-15-6-8-16(9-7-15)20(23)13-12-17-10-11-18(27-17)14-26-21-5-3-2-4-19(21)22(24)25/h2-13H,14H2,1H3/b13-12+. The number of ketones is 1. The van der Waals surface area contributed by atoms with Crippen LogP contribution in [0.4, 0.5) is 5.69 Å². The Morgan fingerprint density at radius 1 is 1.11 bits per heavy atom. The van der Waals surface area contributed by atoms with Crippen LogP contribution in [0.1, 0.15) is 27.4 Å². The normalized spacial score (nSPS) is 10.9. The molecule has 0 N–H and O–H groups in total. The summed E-state index contributed by atoms with van der Waals surface area (Å²) in [7, 11) is 0. The van der Waals surface area contributed by atoms with Gasteiger partial charge >= 0.3 is 5.69 Å². The van der Waals surface area contributed by atoms with Crippen LogP contribution in [0.3, 0.4) is 0 Å². The maximum atomic E-state index is 12.1. The second kappa shape index (κ2) is 8.14. The highest BCUT2D eigenvalue weighted by Crippen LogP contribution is 2.26. The first kappa shape index (κ1) is 18.1. The summed E-state index contributed by atoms with van der Waals surface area (Å²) in [5.74, 6) is 1.04. The van der Waals surface area contributed by atoms with Crippen LogP contribution in [-0.4, -0.2) is 10.7 Å². The minimum Gasteiger partial charge on any atom is -0.479 e. The molecule has 3 rings (SSSR count). The highest BCUT2D eigenvalue weighted by molar-refractivity contribution is 6.06. The molecule has 0 saturated heterocycles. The highest BCUT2D eigenvalue weighted by atomic mass is 16.6. The Balaban J connectivity index is 1.62. The van der Waals surface area contributed by atoms with Gasteiger partial charge in [0.15, 0.2) is 11.5 Å². The molecule has 0 saturated carbocycles. The van der Waals surface area contributed by atoms with E-state index in [4.69, 9.17) is 9.15 Å². The first-order valence-electron chi connectivity index (χ1n) is 8.27. The third kappa shape index (κ3) is 4.70. The Hall–Kier alpha value is -3.67. The molecule has 27 heavy (non-hydrogen) atoms. The van der Waals surface area contributed by atoms with Gasteiger partial charge in [-0.3, -0.25) is 14.9 Å². The molecule has 136 valence electrons. The van der Waals surface area contributed by atoms with Gasteiger partial charge in [0.05, 0.1) is 4.92 Å². The van der Waals surface area contributed by atoms with Gasteiger partial charge in [-0.2, -0.15) is 0 Å². The predicted octanol–water partition coefficient (Wildman–Crippen LogP) is 4.97. The number of aryl methyl sites for hydroxylation is 1. The number of nitro benzene ring substituents is 1. The largest absolute Gasteiger partial charge is 0.479 e. The third-order valence-corrected chi connectivity index (χ3v) is 3.85. The van der Waals surface area contributed by atoms with Gasteiger partial charge in [-0.05, 0) is 37.3 Å². The van der Waals surface area contributed by atoms with Crippen molar-refractivity contribution in [2.24, 2.45) is 0 Å². The molecule has 0 spiro atoms. The number of benzene rings is 2. The van der Waals surface area contributed by atoms with Gasteiger partial charge < -0.3 is 9.15 Å². The van der Waals surface area contributed by atoms with Crippen molar-refractivity contribution in [2.45, 2.75) is 13.5 Å². The quantitative estimate of drug-likeness (QED) is 0.256.